The maximum absolute atomic E-state index is 13.3. The number of carbonyl (C=O) groups is 1. The fraction of sp³-hybridized carbons (Fsp3) is 0.154. The molecule has 2 rings (SSSR count). The summed E-state index contributed by atoms with van der Waals surface area (Å²) in [5.74, 6) is -2.12. The minimum Gasteiger partial charge on any atom is -0.350 e. The summed E-state index contributed by atoms with van der Waals surface area (Å²) in [6.45, 7) is 0.0702. The van der Waals surface area contributed by atoms with Crippen molar-refractivity contribution in [3.63, 3.8) is 0 Å². The van der Waals surface area contributed by atoms with E-state index in [-0.39, 0.29) is 22.8 Å². The summed E-state index contributed by atoms with van der Waals surface area (Å²) in [7, 11) is -3.62. The minimum absolute atomic E-state index is 0.0320. The van der Waals surface area contributed by atoms with Gasteiger partial charge in [0.05, 0.1) is 5.75 Å². The lowest BCUT2D eigenvalue weighted by atomic mass is 10.2. The van der Waals surface area contributed by atoms with Gasteiger partial charge in [-0.05, 0) is 24.3 Å². The van der Waals surface area contributed by atoms with E-state index in [9.17, 15) is 22.0 Å². The van der Waals surface area contributed by atoms with Crippen LogP contribution >= 0.6 is 0 Å². The number of amides is 1. The topological polar surface area (TPSA) is 63.2 Å². The second-order valence-electron chi connectivity index (χ2n) is 4.13. The summed E-state index contributed by atoms with van der Waals surface area (Å²) < 4.78 is 49.6. The van der Waals surface area contributed by atoms with Crippen LogP contribution in [0.1, 0.15) is 5.56 Å². The van der Waals surface area contributed by atoms with Gasteiger partial charge < -0.3 is 5.32 Å². The lowest BCUT2D eigenvalue weighted by Gasteiger charge is -2.14. The van der Waals surface area contributed by atoms with E-state index in [1.54, 1.807) is 0 Å². The Hall–Kier alpha value is -2.02. The molecule has 20 heavy (non-hydrogen) atoms. The maximum atomic E-state index is 13.3. The average molecular weight is 299 g/mol. The summed E-state index contributed by atoms with van der Waals surface area (Å²) in [5.41, 5.74) is -0.0320. The van der Waals surface area contributed by atoms with Crippen LogP contribution in [-0.4, -0.2) is 26.6 Å². The van der Waals surface area contributed by atoms with Crippen molar-refractivity contribution in [2.75, 3.05) is 12.3 Å². The molecule has 0 unspecified atom stereocenters. The van der Waals surface area contributed by atoms with E-state index in [2.05, 4.69) is 5.32 Å². The second-order valence-corrected chi connectivity index (χ2v) is 6.21. The van der Waals surface area contributed by atoms with E-state index in [4.69, 9.17) is 0 Å². The smallest absolute Gasteiger partial charge is 0.262 e. The van der Waals surface area contributed by atoms with E-state index in [0.717, 1.165) is 24.3 Å². The van der Waals surface area contributed by atoms with Crippen molar-refractivity contribution in [3.05, 3.63) is 52.5 Å². The molecular weight excluding hydrogens is 288 g/mol. The number of benzene rings is 1. The normalized spacial score (nSPS) is 20.3. The average Bonchev–Trinajstić information content (AvgIpc) is 2.36. The zero-order valence-corrected chi connectivity index (χ0v) is 11.1. The summed E-state index contributed by atoms with van der Waals surface area (Å²) >= 11 is 0. The number of hydrogen-bond donors (Lipinski definition) is 1. The van der Waals surface area contributed by atoms with Gasteiger partial charge in [-0.2, -0.15) is 0 Å². The molecule has 0 saturated carbocycles. The van der Waals surface area contributed by atoms with Gasteiger partial charge in [-0.3, -0.25) is 4.79 Å². The molecule has 0 atom stereocenters. The van der Waals surface area contributed by atoms with E-state index < -0.39 is 27.4 Å². The first-order valence-corrected chi connectivity index (χ1v) is 7.40. The fourth-order valence-corrected chi connectivity index (χ4v) is 2.93. The molecule has 1 aromatic rings. The maximum Gasteiger partial charge on any atom is 0.262 e. The lowest BCUT2D eigenvalue weighted by molar-refractivity contribution is -0.116. The Morgan fingerprint density at radius 2 is 2.00 bits per heavy atom. The van der Waals surface area contributed by atoms with Crippen LogP contribution < -0.4 is 5.32 Å². The number of hydrogen-bond acceptors (Lipinski definition) is 3. The highest BCUT2D eigenvalue weighted by atomic mass is 32.2. The molecule has 106 valence electrons. The van der Waals surface area contributed by atoms with Crippen molar-refractivity contribution >= 4 is 21.8 Å². The standard InChI is InChI=1S/C13H11F2NO3S/c14-10-4-5-11(15)9(8-10)2-1-3-12-13(17)16-6-7-20(12,18)19/h1-5,8H,6-7H2,(H,16,17)/b2-1+,12-3+. The number of halogens is 2. The third kappa shape index (κ3) is 3.11. The highest BCUT2D eigenvalue weighted by Gasteiger charge is 2.28. The molecule has 1 saturated heterocycles. The van der Waals surface area contributed by atoms with Crippen LogP contribution in [0.25, 0.3) is 6.08 Å². The zero-order valence-electron chi connectivity index (χ0n) is 10.3. The number of sulfone groups is 1. The molecule has 0 bridgehead atoms. The number of rotatable bonds is 2. The first kappa shape index (κ1) is 14.4. The largest absolute Gasteiger partial charge is 0.350 e. The van der Waals surface area contributed by atoms with Crippen LogP contribution in [0.4, 0.5) is 8.78 Å². The quantitative estimate of drug-likeness (QED) is 0.840. The van der Waals surface area contributed by atoms with E-state index >= 15 is 0 Å². The third-order valence-corrected chi connectivity index (χ3v) is 4.43. The predicted molar refractivity (Wildman–Crippen MR) is 70.3 cm³/mol. The highest BCUT2D eigenvalue weighted by molar-refractivity contribution is 7.96. The summed E-state index contributed by atoms with van der Waals surface area (Å²) in [6, 6.07) is 2.91. The summed E-state index contributed by atoms with van der Waals surface area (Å²) in [4.78, 5) is 11.1. The minimum atomic E-state index is -3.62. The molecule has 0 radical (unpaired) electrons. The van der Waals surface area contributed by atoms with Gasteiger partial charge in [0.1, 0.15) is 16.5 Å². The van der Waals surface area contributed by atoms with Gasteiger partial charge in [-0.1, -0.05) is 12.2 Å². The van der Waals surface area contributed by atoms with Crippen LogP contribution in [0.2, 0.25) is 0 Å². The van der Waals surface area contributed by atoms with Crippen LogP contribution in [0.15, 0.2) is 35.3 Å². The van der Waals surface area contributed by atoms with Gasteiger partial charge in [0.25, 0.3) is 5.91 Å². The lowest BCUT2D eigenvalue weighted by Crippen LogP contribution is -2.39. The third-order valence-electron chi connectivity index (χ3n) is 2.70. The van der Waals surface area contributed by atoms with Crippen molar-refractivity contribution in [2.45, 2.75) is 0 Å². The van der Waals surface area contributed by atoms with E-state index in [1.807, 2.05) is 0 Å². The summed E-state index contributed by atoms with van der Waals surface area (Å²) in [5, 5.41) is 2.40. The molecular formula is C13H11F2NO3S. The Labute approximate surface area is 114 Å². The molecule has 7 heteroatoms. The van der Waals surface area contributed by atoms with Crippen molar-refractivity contribution in [1.29, 1.82) is 0 Å². The molecule has 4 nitrogen and oxygen atoms in total. The predicted octanol–water partition coefficient (Wildman–Crippen LogP) is 1.41. The molecule has 1 amide bonds. The molecule has 1 N–H and O–H groups in total. The zero-order chi connectivity index (χ0) is 14.8. The Balaban J connectivity index is 2.29. The van der Waals surface area contributed by atoms with Crippen molar-refractivity contribution < 1.29 is 22.0 Å². The van der Waals surface area contributed by atoms with Crippen LogP contribution in [0.3, 0.4) is 0 Å². The first-order chi connectivity index (χ1) is 9.40. The summed E-state index contributed by atoms with van der Waals surface area (Å²) in [6.07, 6.45) is 3.48. The molecule has 1 aromatic carbocycles. The van der Waals surface area contributed by atoms with Gasteiger partial charge in [-0.25, -0.2) is 17.2 Å². The Morgan fingerprint density at radius 1 is 1.25 bits per heavy atom. The second kappa shape index (κ2) is 5.54. The number of nitrogens with one attached hydrogen (secondary N) is 1. The Kier molecular flexibility index (Phi) is 3.99. The molecule has 0 aromatic heterocycles. The Morgan fingerprint density at radius 3 is 2.70 bits per heavy atom. The van der Waals surface area contributed by atoms with Crippen LogP contribution in [-0.2, 0) is 14.6 Å². The highest BCUT2D eigenvalue weighted by Crippen LogP contribution is 2.14. The van der Waals surface area contributed by atoms with Gasteiger partial charge in [0.15, 0.2) is 9.84 Å². The van der Waals surface area contributed by atoms with Crippen molar-refractivity contribution in [3.8, 4) is 0 Å². The Bertz CT molecular complexity index is 708. The molecule has 1 aliphatic rings. The molecule has 1 heterocycles. The van der Waals surface area contributed by atoms with Gasteiger partial charge in [0.2, 0.25) is 0 Å². The van der Waals surface area contributed by atoms with Crippen molar-refractivity contribution in [2.24, 2.45) is 0 Å². The number of allylic oxidation sites excluding steroid dienone is 2. The monoisotopic (exact) mass is 299 g/mol. The molecule has 1 fully saturated rings. The van der Waals surface area contributed by atoms with Gasteiger partial charge >= 0.3 is 0 Å². The van der Waals surface area contributed by atoms with Gasteiger partial charge in [0, 0.05) is 12.1 Å². The molecule has 1 aliphatic heterocycles. The van der Waals surface area contributed by atoms with Crippen molar-refractivity contribution in [1.82, 2.24) is 5.32 Å². The van der Waals surface area contributed by atoms with Gasteiger partial charge in [-0.15, -0.1) is 0 Å². The SMILES string of the molecule is O=C1NCCS(=O)(=O)/C1=C/C=C/c1cc(F)ccc1F. The fourth-order valence-electron chi connectivity index (χ4n) is 1.70. The van der Waals surface area contributed by atoms with Crippen LogP contribution in [0.5, 0.6) is 0 Å². The molecule has 0 spiro atoms. The molecule has 0 aliphatic carbocycles. The first-order valence-electron chi connectivity index (χ1n) is 5.74. The van der Waals surface area contributed by atoms with E-state index in [0.29, 0.717) is 0 Å². The number of carbonyl (C=O) groups excluding carboxylic acids is 1. The van der Waals surface area contributed by atoms with Crippen LogP contribution in [0, 0.1) is 11.6 Å². The van der Waals surface area contributed by atoms with E-state index in [1.165, 1.54) is 12.2 Å².